The Morgan fingerprint density at radius 3 is 2.55 bits per heavy atom. The third-order valence-electron chi connectivity index (χ3n) is 3.21. The van der Waals surface area contributed by atoms with Crippen LogP contribution in [0.5, 0.6) is 11.6 Å². The average molecular weight is 270 g/mol. The summed E-state index contributed by atoms with van der Waals surface area (Å²) >= 11 is 0. The van der Waals surface area contributed by atoms with Gasteiger partial charge in [0.05, 0.1) is 0 Å². The number of nitrogens with zero attached hydrogens (tertiary/aromatic N) is 1. The van der Waals surface area contributed by atoms with Gasteiger partial charge in [0.1, 0.15) is 5.75 Å². The molecule has 2 rings (SSSR count). The van der Waals surface area contributed by atoms with Crippen LogP contribution in [0.3, 0.4) is 0 Å². The molecule has 3 nitrogen and oxygen atoms in total. The van der Waals surface area contributed by atoms with Crippen LogP contribution in [0.2, 0.25) is 0 Å². The molecule has 0 fully saturated rings. The first-order valence-corrected chi connectivity index (χ1v) is 6.87. The van der Waals surface area contributed by atoms with Crippen molar-refractivity contribution in [1.29, 1.82) is 0 Å². The Morgan fingerprint density at radius 1 is 1.15 bits per heavy atom. The quantitative estimate of drug-likeness (QED) is 0.909. The lowest BCUT2D eigenvalue weighted by Crippen LogP contribution is -2.11. The smallest absolute Gasteiger partial charge is 0.223 e. The van der Waals surface area contributed by atoms with Crippen LogP contribution < -0.4 is 10.5 Å². The number of rotatable bonds is 3. The Balaban J connectivity index is 2.31. The summed E-state index contributed by atoms with van der Waals surface area (Å²) in [5, 5.41) is 0. The Hall–Kier alpha value is -1.87. The van der Waals surface area contributed by atoms with Gasteiger partial charge in [-0.3, -0.25) is 0 Å². The van der Waals surface area contributed by atoms with Crippen LogP contribution in [-0.4, -0.2) is 4.98 Å². The zero-order valence-corrected chi connectivity index (χ0v) is 12.6. The van der Waals surface area contributed by atoms with Gasteiger partial charge in [0, 0.05) is 17.8 Å². The molecule has 0 aliphatic heterocycles. The molecule has 2 aromatic rings. The second-order valence-corrected chi connectivity index (χ2v) is 6.07. The fourth-order valence-corrected chi connectivity index (χ4v) is 1.97. The van der Waals surface area contributed by atoms with E-state index in [0.29, 0.717) is 5.88 Å². The highest BCUT2D eigenvalue weighted by Crippen LogP contribution is 2.30. The topological polar surface area (TPSA) is 48.1 Å². The summed E-state index contributed by atoms with van der Waals surface area (Å²) in [6.45, 7) is 8.47. The molecule has 1 aromatic heterocycles. The summed E-state index contributed by atoms with van der Waals surface area (Å²) in [4.78, 5) is 4.28. The van der Waals surface area contributed by atoms with Gasteiger partial charge in [-0.2, -0.15) is 0 Å². The molecule has 0 unspecified atom stereocenters. The summed E-state index contributed by atoms with van der Waals surface area (Å²) in [5.41, 5.74) is 8.18. The van der Waals surface area contributed by atoms with Gasteiger partial charge < -0.3 is 10.5 Å². The van der Waals surface area contributed by atoms with Crippen molar-refractivity contribution in [3.63, 3.8) is 0 Å². The van der Waals surface area contributed by atoms with Crippen LogP contribution in [0.25, 0.3) is 0 Å². The van der Waals surface area contributed by atoms with Crippen molar-refractivity contribution < 1.29 is 4.74 Å². The molecule has 0 radical (unpaired) electrons. The predicted molar refractivity (Wildman–Crippen MR) is 82.1 cm³/mol. The molecule has 0 bridgehead atoms. The van der Waals surface area contributed by atoms with E-state index in [1.54, 1.807) is 6.20 Å². The molecule has 1 aromatic carbocycles. The predicted octanol–water partition coefficient (Wildman–Crippen LogP) is 4.19. The van der Waals surface area contributed by atoms with E-state index in [9.17, 15) is 0 Å². The summed E-state index contributed by atoms with van der Waals surface area (Å²) in [5.74, 6) is 1.37. The van der Waals surface area contributed by atoms with Crippen molar-refractivity contribution in [3.8, 4) is 11.6 Å². The maximum atomic E-state index is 5.95. The normalized spacial score (nSPS) is 13.1. The van der Waals surface area contributed by atoms with Gasteiger partial charge in [0.2, 0.25) is 5.88 Å². The Bertz CT molecular complexity index is 586. The van der Waals surface area contributed by atoms with Gasteiger partial charge in [-0.15, -0.1) is 0 Å². The minimum atomic E-state index is -0.107. The van der Waals surface area contributed by atoms with E-state index in [1.807, 2.05) is 31.2 Å². The Morgan fingerprint density at radius 2 is 1.90 bits per heavy atom. The highest BCUT2D eigenvalue weighted by atomic mass is 16.5. The Labute approximate surface area is 120 Å². The van der Waals surface area contributed by atoms with Gasteiger partial charge in [-0.05, 0) is 36.1 Å². The first-order chi connectivity index (χ1) is 9.38. The average Bonchev–Trinajstić information content (AvgIpc) is 2.38. The van der Waals surface area contributed by atoms with Gasteiger partial charge >= 0.3 is 0 Å². The third-order valence-corrected chi connectivity index (χ3v) is 3.21. The molecule has 106 valence electrons. The van der Waals surface area contributed by atoms with Crippen molar-refractivity contribution in [2.24, 2.45) is 5.73 Å². The fourth-order valence-electron chi connectivity index (χ4n) is 1.97. The largest absolute Gasteiger partial charge is 0.439 e. The second-order valence-electron chi connectivity index (χ2n) is 6.07. The lowest BCUT2D eigenvalue weighted by atomic mass is 9.87. The number of aromatic nitrogens is 1. The molecule has 0 aliphatic rings. The number of hydrogen-bond acceptors (Lipinski definition) is 3. The summed E-state index contributed by atoms with van der Waals surface area (Å²) in [7, 11) is 0. The molecule has 0 amide bonds. The minimum Gasteiger partial charge on any atom is -0.439 e. The highest BCUT2D eigenvalue weighted by molar-refractivity contribution is 5.37. The lowest BCUT2D eigenvalue weighted by Gasteiger charge is -2.20. The molecule has 0 saturated heterocycles. The summed E-state index contributed by atoms with van der Waals surface area (Å²) < 4.78 is 5.92. The molecule has 0 saturated carbocycles. The minimum absolute atomic E-state index is 0.0907. The van der Waals surface area contributed by atoms with Crippen LogP contribution in [-0.2, 0) is 5.41 Å². The number of nitrogens with two attached hydrogens (primary N) is 1. The van der Waals surface area contributed by atoms with E-state index in [4.69, 9.17) is 10.5 Å². The van der Waals surface area contributed by atoms with E-state index in [-0.39, 0.29) is 11.5 Å². The summed E-state index contributed by atoms with van der Waals surface area (Å²) in [6.07, 6.45) is 1.72. The van der Waals surface area contributed by atoms with Gasteiger partial charge in [-0.25, -0.2) is 4.98 Å². The molecule has 2 N–H and O–H groups in total. The van der Waals surface area contributed by atoms with E-state index in [2.05, 4.69) is 37.9 Å². The maximum absolute atomic E-state index is 5.95. The van der Waals surface area contributed by atoms with Crippen LogP contribution in [0.15, 0.2) is 42.6 Å². The zero-order chi connectivity index (χ0) is 14.8. The molecule has 0 aliphatic carbocycles. The second kappa shape index (κ2) is 5.63. The van der Waals surface area contributed by atoms with Gasteiger partial charge in [0.15, 0.2) is 0 Å². The van der Waals surface area contributed by atoms with Crippen molar-refractivity contribution in [2.75, 3.05) is 0 Å². The van der Waals surface area contributed by atoms with Crippen molar-refractivity contribution in [3.05, 3.63) is 53.7 Å². The number of hydrogen-bond donors (Lipinski definition) is 1. The van der Waals surface area contributed by atoms with Gasteiger partial charge in [0.25, 0.3) is 0 Å². The molecule has 1 atom stereocenters. The fraction of sp³-hybridized carbons (Fsp3) is 0.353. The SMILES string of the molecule is C[C@@H](N)c1cccnc1Oc1cccc(C(C)(C)C)c1. The first kappa shape index (κ1) is 14.5. The molecular formula is C17H22N2O. The van der Waals surface area contributed by atoms with Crippen LogP contribution >= 0.6 is 0 Å². The molecule has 1 heterocycles. The van der Waals surface area contributed by atoms with Crippen molar-refractivity contribution >= 4 is 0 Å². The first-order valence-electron chi connectivity index (χ1n) is 6.87. The van der Waals surface area contributed by atoms with Crippen molar-refractivity contribution in [2.45, 2.75) is 39.2 Å². The highest BCUT2D eigenvalue weighted by Gasteiger charge is 2.15. The third kappa shape index (κ3) is 3.36. The summed E-state index contributed by atoms with van der Waals surface area (Å²) in [6, 6.07) is 11.8. The standard InChI is InChI=1S/C17H22N2O/c1-12(18)15-9-6-10-19-16(15)20-14-8-5-7-13(11-14)17(2,3)4/h5-12H,18H2,1-4H3/t12-/m1/s1. The molecule has 0 spiro atoms. The van der Waals surface area contributed by atoms with E-state index in [1.165, 1.54) is 5.56 Å². The van der Waals surface area contributed by atoms with Gasteiger partial charge in [-0.1, -0.05) is 39.0 Å². The zero-order valence-electron chi connectivity index (χ0n) is 12.6. The maximum Gasteiger partial charge on any atom is 0.223 e. The molecule has 20 heavy (non-hydrogen) atoms. The lowest BCUT2D eigenvalue weighted by molar-refractivity contribution is 0.449. The number of benzene rings is 1. The van der Waals surface area contributed by atoms with E-state index >= 15 is 0 Å². The molecular weight excluding hydrogens is 248 g/mol. The monoisotopic (exact) mass is 270 g/mol. The van der Waals surface area contributed by atoms with Crippen molar-refractivity contribution in [1.82, 2.24) is 4.98 Å². The molecule has 3 heteroatoms. The van der Waals surface area contributed by atoms with Crippen LogP contribution in [0.4, 0.5) is 0 Å². The van der Waals surface area contributed by atoms with E-state index < -0.39 is 0 Å². The van der Waals surface area contributed by atoms with E-state index in [0.717, 1.165) is 11.3 Å². The number of ether oxygens (including phenoxy) is 1. The van der Waals surface area contributed by atoms with Crippen LogP contribution in [0, 0.1) is 0 Å². The van der Waals surface area contributed by atoms with Crippen LogP contribution in [0.1, 0.15) is 44.9 Å². The Kier molecular flexibility index (Phi) is 4.09. The number of pyridine rings is 1.